The Morgan fingerprint density at radius 2 is 2.36 bits per heavy atom. The third-order valence-electron chi connectivity index (χ3n) is 1.80. The summed E-state index contributed by atoms with van der Waals surface area (Å²) in [4.78, 5) is 12.5. The molecule has 0 atom stereocenters. The van der Waals surface area contributed by atoms with Gasteiger partial charge in [0.05, 0.1) is 6.42 Å². The molecule has 1 aromatic heterocycles. The monoisotopic (exact) mass is 323 g/mol. The lowest BCUT2D eigenvalue weighted by molar-refractivity contribution is -0.120. The van der Waals surface area contributed by atoms with Gasteiger partial charge >= 0.3 is 0 Å². The molecule has 14 heavy (non-hydrogen) atoms. The summed E-state index contributed by atoms with van der Waals surface area (Å²) in [7, 11) is 0. The fourth-order valence-corrected chi connectivity index (χ4v) is 2.32. The van der Waals surface area contributed by atoms with E-state index in [1.54, 1.807) is 11.3 Å². The van der Waals surface area contributed by atoms with Gasteiger partial charge in [-0.1, -0.05) is 28.7 Å². The van der Waals surface area contributed by atoms with Crippen molar-refractivity contribution in [3.05, 3.63) is 22.4 Å². The normalized spacial score (nSPS) is 10.1. The van der Waals surface area contributed by atoms with Gasteiger partial charge in [-0.25, -0.2) is 0 Å². The van der Waals surface area contributed by atoms with Gasteiger partial charge < -0.3 is 5.32 Å². The lowest BCUT2D eigenvalue weighted by Gasteiger charge is -2.02. The van der Waals surface area contributed by atoms with Gasteiger partial charge in [0.2, 0.25) is 5.91 Å². The molecule has 0 unspecified atom stereocenters. The van der Waals surface area contributed by atoms with E-state index in [0.717, 1.165) is 17.8 Å². The zero-order valence-electron chi connectivity index (χ0n) is 7.96. The molecule has 0 fully saturated rings. The molecule has 0 saturated carbocycles. The van der Waals surface area contributed by atoms with Crippen molar-refractivity contribution in [1.29, 1.82) is 0 Å². The highest BCUT2D eigenvalue weighted by atomic mass is 127. The summed E-state index contributed by atoms with van der Waals surface area (Å²) in [5.74, 6) is 0.140. The number of thiophene rings is 1. The van der Waals surface area contributed by atoms with Crippen molar-refractivity contribution >= 4 is 39.8 Å². The van der Waals surface area contributed by atoms with Crippen LogP contribution in [0.1, 0.15) is 17.7 Å². The average Bonchev–Trinajstić information content (AvgIpc) is 2.65. The number of unbranched alkanes of at least 4 members (excludes halogenated alkanes) is 1. The Balaban J connectivity index is 2.11. The van der Waals surface area contributed by atoms with Crippen molar-refractivity contribution in [2.24, 2.45) is 0 Å². The molecule has 2 nitrogen and oxygen atoms in total. The van der Waals surface area contributed by atoms with Crippen LogP contribution in [0.15, 0.2) is 17.5 Å². The summed E-state index contributed by atoms with van der Waals surface area (Å²) >= 11 is 3.98. The standard InChI is InChI=1S/C10H14INOS/c11-5-1-2-6-12-10(13)8-9-4-3-7-14-9/h3-4,7H,1-2,5-6,8H2,(H,12,13). The molecule has 0 aliphatic carbocycles. The summed E-state index contributed by atoms with van der Waals surface area (Å²) in [5.41, 5.74) is 0. The first-order valence-corrected chi connectivity index (χ1v) is 7.08. The maximum Gasteiger partial charge on any atom is 0.225 e. The molecule has 1 rings (SSSR count). The number of carbonyl (C=O) groups excluding carboxylic acids is 1. The van der Waals surface area contributed by atoms with Gasteiger partial charge in [0, 0.05) is 11.4 Å². The van der Waals surface area contributed by atoms with Crippen molar-refractivity contribution < 1.29 is 4.79 Å². The van der Waals surface area contributed by atoms with Crippen LogP contribution in [-0.2, 0) is 11.2 Å². The first kappa shape index (κ1) is 12.0. The van der Waals surface area contributed by atoms with Gasteiger partial charge in [0.1, 0.15) is 0 Å². The largest absolute Gasteiger partial charge is 0.356 e. The van der Waals surface area contributed by atoms with Crippen molar-refractivity contribution in [3.63, 3.8) is 0 Å². The van der Waals surface area contributed by atoms with E-state index < -0.39 is 0 Å². The van der Waals surface area contributed by atoms with Crippen LogP contribution >= 0.6 is 33.9 Å². The second kappa shape index (κ2) is 7.23. The predicted octanol–water partition coefficient (Wildman–Crippen LogP) is 2.62. The Labute approximate surface area is 102 Å². The highest BCUT2D eigenvalue weighted by molar-refractivity contribution is 14.1. The minimum absolute atomic E-state index is 0.140. The molecule has 0 radical (unpaired) electrons. The highest BCUT2D eigenvalue weighted by Gasteiger charge is 2.02. The van der Waals surface area contributed by atoms with Gasteiger partial charge in [-0.05, 0) is 28.7 Å². The summed E-state index contributed by atoms with van der Waals surface area (Å²) in [6, 6.07) is 3.97. The Morgan fingerprint density at radius 1 is 1.50 bits per heavy atom. The lowest BCUT2D eigenvalue weighted by Crippen LogP contribution is -2.25. The summed E-state index contributed by atoms with van der Waals surface area (Å²) in [6.07, 6.45) is 2.79. The Hall–Kier alpha value is -0.100. The summed E-state index contributed by atoms with van der Waals surface area (Å²) in [6.45, 7) is 0.813. The van der Waals surface area contributed by atoms with Gasteiger partial charge in [0.25, 0.3) is 0 Å². The Morgan fingerprint density at radius 3 is 3.00 bits per heavy atom. The third-order valence-corrected chi connectivity index (χ3v) is 3.44. The molecule has 0 aliphatic heterocycles. The lowest BCUT2D eigenvalue weighted by atomic mass is 10.3. The van der Waals surface area contributed by atoms with Crippen LogP contribution in [0.3, 0.4) is 0 Å². The van der Waals surface area contributed by atoms with Crippen LogP contribution in [0.2, 0.25) is 0 Å². The minimum Gasteiger partial charge on any atom is -0.356 e. The Kier molecular flexibility index (Phi) is 6.18. The molecule has 0 aliphatic rings. The van der Waals surface area contributed by atoms with E-state index in [1.165, 1.54) is 10.8 Å². The first-order chi connectivity index (χ1) is 6.83. The van der Waals surface area contributed by atoms with Crippen LogP contribution in [-0.4, -0.2) is 16.9 Å². The predicted molar refractivity (Wildman–Crippen MR) is 69.2 cm³/mol. The third kappa shape index (κ3) is 4.95. The molecule has 0 aromatic carbocycles. The molecule has 0 saturated heterocycles. The molecule has 1 heterocycles. The van der Waals surface area contributed by atoms with E-state index >= 15 is 0 Å². The van der Waals surface area contributed by atoms with Gasteiger partial charge in [0.15, 0.2) is 0 Å². The quantitative estimate of drug-likeness (QED) is 0.487. The van der Waals surface area contributed by atoms with Crippen molar-refractivity contribution in [2.45, 2.75) is 19.3 Å². The fourth-order valence-electron chi connectivity index (χ4n) is 1.08. The fraction of sp³-hybridized carbons (Fsp3) is 0.500. The number of hydrogen-bond acceptors (Lipinski definition) is 2. The van der Waals surface area contributed by atoms with Crippen LogP contribution in [0.4, 0.5) is 0 Å². The van der Waals surface area contributed by atoms with E-state index in [4.69, 9.17) is 0 Å². The zero-order valence-corrected chi connectivity index (χ0v) is 10.9. The number of nitrogens with one attached hydrogen (secondary N) is 1. The topological polar surface area (TPSA) is 29.1 Å². The number of amides is 1. The van der Waals surface area contributed by atoms with E-state index in [9.17, 15) is 4.79 Å². The molecule has 0 spiro atoms. The van der Waals surface area contributed by atoms with E-state index in [-0.39, 0.29) is 5.91 Å². The van der Waals surface area contributed by atoms with E-state index in [0.29, 0.717) is 6.42 Å². The van der Waals surface area contributed by atoms with Crippen molar-refractivity contribution in [2.75, 3.05) is 11.0 Å². The Bertz CT molecular complexity index is 261. The second-order valence-corrected chi connectivity index (χ2v) is 5.11. The van der Waals surface area contributed by atoms with Gasteiger partial charge in [-0.15, -0.1) is 11.3 Å². The SMILES string of the molecule is O=C(Cc1cccs1)NCCCCI. The van der Waals surface area contributed by atoms with Crippen LogP contribution in [0, 0.1) is 0 Å². The molecule has 1 N–H and O–H groups in total. The average molecular weight is 323 g/mol. The maximum atomic E-state index is 11.4. The number of rotatable bonds is 6. The number of alkyl halides is 1. The maximum absolute atomic E-state index is 11.4. The molecule has 1 aromatic rings. The van der Waals surface area contributed by atoms with Crippen LogP contribution in [0.5, 0.6) is 0 Å². The molecular weight excluding hydrogens is 309 g/mol. The van der Waals surface area contributed by atoms with Crippen molar-refractivity contribution in [3.8, 4) is 0 Å². The van der Waals surface area contributed by atoms with Crippen LogP contribution < -0.4 is 5.32 Å². The molecule has 78 valence electrons. The van der Waals surface area contributed by atoms with E-state index in [1.807, 2.05) is 17.5 Å². The van der Waals surface area contributed by atoms with E-state index in [2.05, 4.69) is 27.9 Å². The smallest absolute Gasteiger partial charge is 0.225 e. The highest BCUT2D eigenvalue weighted by Crippen LogP contribution is 2.08. The molecular formula is C10H14INOS. The molecule has 0 bridgehead atoms. The second-order valence-electron chi connectivity index (χ2n) is 3.00. The zero-order chi connectivity index (χ0) is 10.2. The summed E-state index contributed by atoms with van der Waals surface area (Å²) in [5, 5.41) is 4.92. The van der Waals surface area contributed by atoms with Crippen LogP contribution in [0.25, 0.3) is 0 Å². The van der Waals surface area contributed by atoms with Gasteiger partial charge in [-0.3, -0.25) is 4.79 Å². The number of halogens is 1. The summed E-state index contributed by atoms with van der Waals surface area (Å²) < 4.78 is 1.17. The first-order valence-electron chi connectivity index (χ1n) is 4.68. The van der Waals surface area contributed by atoms with Gasteiger partial charge in [-0.2, -0.15) is 0 Å². The minimum atomic E-state index is 0.140. The number of hydrogen-bond donors (Lipinski definition) is 1. The molecule has 1 amide bonds. The molecule has 4 heteroatoms. The number of carbonyl (C=O) groups is 1. The van der Waals surface area contributed by atoms with Crippen molar-refractivity contribution in [1.82, 2.24) is 5.32 Å².